The van der Waals surface area contributed by atoms with Crippen LogP contribution < -0.4 is 10.1 Å². The number of esters is 1. The molecule has 0 atom stereocenters. The van der Waals surface area contributed by atoms with E-state index in [4.69, 9.17) is 9.47 Å². The molecule has 1 N–H and O–H groups in total. The van der Waals surface area contributed by atoms with Crippen LogP contribution in [0, 0.1) is 0 Å². The zero-order valence-corrected chi connectivity index (χ0v) is 16.2. The highest BCUT2D eigenvalue weighted by molar-refractivity contribution is 5.92. The highest BCUT2D eigenvalue weighted by Gasteiger charge is 2.19. The van der Waals surface area contributed by atoms with E-state index in [-0.39, 0.29) is 24.9 Å². The fourth-order valence-corrected chi connectivity index (χ4v) is 3.04. The molecule has 3 aromatic rings. The van der Waals surface area contributed by atoms with Crippen LogP contribution in [0.25, 0.3) is 0 Å². The molecule has 3 rings (SSSR count). The van der Waals surface area contributed by atoms with Gasteiger partial charge in [0.1, 0.15) is 5.75 Å². The highest BCUT2D eigenvalue weighted by atomic mass is 16.5. The molecule has 0 aromatic heterocycles. The second-order valence-corrected chi connectivity index (χ2v) is 6.52. The van der Waals surface area contributed by atoms with Crippen molar-refractivity contribution < 1.29 is 19.1 Å². The first-order valence-electron chi connectivity index (χ1n) is 9.35. The predicted molar refractivity (Wildman–Crippen MR) is 112 cm³/mol. The third-order valence-electron chi connectivity index (χ3n) is 4.51. The number of methoxy groups -OCH3 is 1. The lowest BCUT2D eigenvalue weighted by Gasteiger charge is -2.17. The van der Waals surface area contributed by atoms with Crippen LogP contribution in [-0.2, 0) is 14.3 Å². The van der Waals surface area contributed by atoms with Crippen molar-refractivity contribution in [3.8, 4) is 5.75 Å². The minimum atomic E-state index is -0.424. The number of ether oxygens (including phenoxy) is 2. The van der Waals surface area contributed by atoms with Gasteiger partial charge in [-0.05, 0) is 35.4 Å². The molecule has 0 heterocycles. The van der Waals surface area contributed by atoms with Gasteiger partial charge in [-0.25, -0.2) is 0 Å². The summed E-state index contributed by atoms with van der Waals surface area (Å²) in [6.07, 6.45) is 0.157. The number of carbonyl (C=O) groups is 2. The second-order valence-electron chi connectivity index (χ2n) is 6.52. The van der Waals surface area contributed by atoms with Gasteiger partial charge in [-0.1, -0.05) is 60.7 Å². The van der Waals surface area contributed by atoms with Crippen molar-refractivity contribution in [1.82, 2.24) is 0 Å². The van der Waals surface area contributed by atoms with Crippen LogP contribution in [0.3, 0.4) is 0 Å². The summed E-state index contributed by atoms with van der Waals surface area (Å²) in [5.74, 6) is -0.246. The molecule has 0 aliphatic rings. The van der Waals surface area contributed by atoms with Gasteiger partial charge in [-0.3, -0.25) is 9.59 Å². The molecule has 0 saturated carbocycles. The van der Waals surface area contributed by atoms with Crippen LogP contribution in [0.2, 0.25) is 0 Å². The molecule has 0 bridgehead atoms. The van der Waals surface area contributed by atoms with Crippen molar-refractivity contribution in [2.24, 2.45) is 0 Å². The molecule has 3 aromatic carbocycles. The highest BCUT2D eigenvalue weighted by Crippen LogP contribution is 2.28. The van der Waals surface area contributed by atoms with Gasteiger partial charge < -0.3 is 14.8 Å². The average Bonchev–Trinajstić information content (AvgIpc) is 2.78. The van der Waals surface area contributed by atoms with Crippen LogP contribution in [0.15, 0.2) is 84.9 Å². The Kier molecular flexibility index (Phi) is 7.00. The van der Waals surface area contributed by atoms with Crippen molar-refractivity contribution in [1.29, 1.82) is 0 Å². The van der Waals surface area contributed by atoms with Crippen molar-refractivity contribution in [3.05, 3.63) is 96.1 Å². The number of nitrogens with one attached hydrogen (secondary N) is 1. The predicted octanol–water partition coefficient (Wildman–Crippen LogP) is 4.40. The topological polar surface area (TPSA) is 64.6 Å². The first-order valence-corrected chi connectivity index (χ1v) is 9.35. The Labute approximate surface area is 170 Å². The van der Waals surface area contributed by atoms with Crippen molar-refractivity contribution in [3.63, 3.8) is 0 Å². The molecule has 29 heavy (non-hydrogen) atoms. The van der Waals surface area contributed by atoms with Crippen LogP contribution >= 0.6 is 0 Å². The molecular formula is C24H23NO4. The normalized spacial score (nSPS) is 10.4. The fraction of sp³-hybridized carbons (Fsp3) is 0.167. The van der Waals surface area contributed by atoms with E-state index in [0.29, 0.717) is 11.4 Å². The maximum absolute atomic E-state index is 12.4. The van der Waals surface area contributed by atoms with E-state index in [9.17, 15) is 9.59 Å². The van der Waals surface area contributed by atoms with Crippen LogP contribution in [-0.4, -0.2) is 25.6 Å². The summed E-state index contributed by atoms with van der Waals surface area (Å²) >= 11 is 0. The average molecular weight is 389 g/mol. The molecule has 148 valence electrons. The quantitative estimate of drug-likeness (QED) is 0.580. The van der Waals surface area contributed by atoms with E-state index < -0.39 is 5.97 Å². The third kappa shape index (κ3) is 5.94. The standard InChI is InChI=1S/C24H23NO4/c1-28-21-14-12-20(13-15-21)25-23(26)17-29-24(27)16-22(18-8-4-2-5-9-18)19-10-6-3-7-11-19/h2-15,22H,16-17H2,1H3,(H,25,26). The van der Waals surface area contributed by atoms with E-state index in [1.54, 1.807) is 31.4 Å². The summed E-state index contributed by atoms with van der Waals surface area (Å²) in [7, 11) is 1.57. The van der Waals surface area contributed by atoms with Gasteiger partial charge >= 0.3 is 5.97 Å². The molecule has 0 aliphatic carbocycles. The zero-order valence-electron chi connectivity index (χ0n) is 16.2. The lowest BCUT2D eigenvalue weighted by Crippen LogP contribution is -2.22. The lowest BCUT2D eigenvalue weighted by molar-refractivity contribution is -0.147. The van der Waals surface area contributed by atoms with Crippen molar-refractivity contribution in [2.45, 2.75) is 12.3 Å². The third-order valence-corrected chi connectivity index (χ3v) is 4.51. The molecule has 0 radical (unpaired) electrons. The molecule has 0 unspecified atom stereocenters. The SMILES string of the molecule is COc1ccc(NC(=O)COC(=O)CC(c2ccccc2)c2ccccc2)cc1. The second kappa shape index (κ2) is 10.1. The largest absolute Gasteiger partial charge is 0.497 e. The van der Waals surface area contributed by atoms with Crippen molar-refractivity contribution in [2.75, 3.05) is 19.0 Å². The van der Waals surface area contributed by atoms with Crippen molar-refractivity contribution >= 4 is 17.6 Å². The van der Waals surface area contributed by atoms with Gasteiger partial charge in [0.2, 0.25) is 0 Å². The Hall–Kier alpha value is -3.60. The fourth-order valence-electron chi connectivity index (χ4n) is 3.04. The summed E-state index contributed by atoms with van der Waals surface area (Å²) in [4.78, 5) is 24.5. The molecule has 5 nitrogen and oxygen atoms in total. The molecule has 0 aliphatic heterocycles. The Morgan fingerprint density at radius 2 is 1.38 bits per heavy atom. The van der Waals surface area contributed by atoms with Gasteiger partial charge in [0.05, 0.1) is 13.5 Å². The van der Waals surface area contributed by atoms with Crippen LogP contribution in [0.1, 0.15) is 23.5 Å². The van der Waals surface area contributed by atoms with Gasteiger partial charge in [0, 0.05) is 11.6 Å². The zero-order chi connectivity index (χ0) is 20.5. The Bertz CT molecular complexity index is 885. The summed E-state index contributed by atoms with van der Waals surface area (Å²) in [5.41, 5.74) is 2.66. The van der Waals surface area contributed by atoms with E-state index in [1.165, 1.54) is 0 Å². The van der Waals surface area contributed by atoms with E-state index in [2.05, 4.69) is 5.32 Å². The maximum atomic E-state index is 12.4. The Balaban J connectivity index is 1.58. The molecule has 0 saturated heterocycles. The number of hydrogen-bond donors (Lipinski definition) is 1. The number of carbonyl (C=O) groups excluding carboxylic acids is 2. The summed E-state index contributed by atoms with van der Waals surface area (Å²) in [6.45, 7) is -0.332. The van der Waals surface area contributed by atoms with E-state index in [1.807, 2.05) is 60.7 Å². The molecule has 0 spiro atoms. The molecule has 0 fully saturated rings. The Morgan fingerprint density at radius 3 is 1.90 bits per heavy atom. The number of hydrogen-bond acceptors (Lipinski definition) is 4. The summed E-state index contributed by atoms with van der Waals surface area (Å²) < 4.78 is 10.3. The maximum Gasteiger partial charge on any atom is 0.307 e. The number of benzene rings is 3. The van der Waals surface area contributed by atoms with Gasteiger partial charge in [0.25, 0.3) is 5.91 Å². The Morgan fingerprint density at radius 1 is 0.828 bits per heavy atom. The first kappa shape index (κ1) is 20.1. The smallest absolute Gasteiger partial charge is 0.307 e. The molecular weight excluding hydrogens is 366 g/mol. The monoisotopic (exact) mass is 389 g/mol. The van der Waals surface area contributed by atoms with Gasteiger partial charge in [-0.2, -0.15) is 0 Å². The van der Waals surface area contributed by atoms with E-state index >= 15 is 0 Å². The summed E-state index contributed by atoms with van der Waals surface area (Å²) in [5, 5.41) is 2.69. The molecule has 5 heteroatoms. The first-order chi connectivity index (χ1) is 14.2. The van der Waals surface area contributed by atoms with Crippen LogP contribution in [0.5, 0.6) is 5.75 Å². The van der Waals surface area contributed by atoms with Gasteiger partial charge in [0.15, 0.2) is 6.61 Å². The number of anilines is 1. The number of rotatable bonds is 8. The van der Waals surface area contributed by atoms with Crippen LogP contribution in [0.4, 0.5) is 5.69 Å². The molecule has 1 amide bonds. The summed E-state index contributed by atoms with van der Waals surface area (Å²) in [6, 6.07) is 26.5. The number of amides is 1. The van der Waals surface area contributed by atoms with Gasteiger partial charge in [-0.15, -0.1) is 0 Å². The minimum absolute atomic E-state index is 0.130. The lowest BCUT2D eigenvalue weighted by atomic mass is 9.89. The minimum Gasteiger partial charge on any atom is -0.497 e. The van der Waals surface area contributed by atoms with E-state index in [0.717, 1.165) is 11.1 Å².